The van der Waals surface area contributed by atoms with Crippen molar-refractivity contribution in [3.05, 3.63) is 0 Å². The molecule has 2 N–H and O–H groups in total. The fraction of sp³-hybridized carbons (Fsp3) is 0.846. The second-order valence-electron chi connectivity index (χ2n) is 4.89. The van der Waals surface area contributed by atoms with Gasteiger partial charge in [-0.25, -0.2) is 0 Å². The number of rotatable bonds is 12. The van der Waals surface area contributed by atoms with E-state index < -0.39 is 33.7 Å². The molecule has 0 fully saturated rings. The molecule has 0 aromatic rings. The Hall–Kier alpha value is -0.384. The zero-order valence-electron chi connectivity index (χ0n) is 15.0. The molecule has 7 nitrogen and oxygen atoms in total. The van der Waals surface area contributed by atoms with Crippen LogP contribution in [-0.2, 0) is 24.4 Å². The zero-order valence-corrected chi connectivity index (χ0v) is 15.2. The molecule has 0 aromatic heterocycles. The van der Waals surface area contributed by atoms with Crippen LogP contribution in [0.15, 0.2) is 0 Å². The molecule has 9 heteroatoms. The third-order valence-corrected chi connectivity index (χ3v) is 4.05. The number of carboxylic acid groups (broad SMARTS) is 1. The first-order chi connectivity index (χ1) is 9.79. The maximum Gasteiger partial charge on any atom is 2.00 e. The van der Waals surface area contributed by atoms with Crippen molar-refractivity contribution in [3.63, 3.8) is 0 Å². The van der Waals surface area contributed by atoms with Gasteiger partial charge in [0.25, 0.3) is 10.1 Å². The standard InChI is InChI=1S/C13H24O7S.Mg.2H/c1-2-3-4-5-6-7-8-9-20-13(16)11(10-12(14)15)21(17,18)19;;;/h11H,2-10H2,1H3,(H,14,15)(H,17,18,19);;;/q;+2;2*-1. The van der Waals surface area contributed by atoms with E-state index in [0.717, 1.165) is 25.7 Å². The normalized spacial score (nSPS) is 12.3. The van der Waals surface area contributed by atoms with Gasteiger partial charge in [0, 0.05) is 0 Å². The van der Waals surface area contributed by atoms with Crippen molar-refractivity contribution in [1.82, 2.24) is 0 Å². The molecule has 0 aliphatic heterocycles. The smallest absolute Gasteiger partial charge is 1.00 e. The van der Waals surface area contributed by atoms with Gasteiger partial charge in [-0.2, -0.15) is 8.42 Å². The number of carboxylic acids is 1. The van der Waals surface area contributed by atoms with Crippen molar-refractivity contribution in [2.24, 2.45) is 0 Å². The molecular formula is C13H26MgO7S. The van der Waals surface area contributed by atoms with Gasteiger partial charge in [0.2, 0.25) is 0 Å². The van der Waals surface area contributed by atoms with Crippen LogP contribution in [0.4, 0.5) is 0 Å². The van der Waals surface area contributed by atoms with Gasteiger partial charge < -0.3 is 12.7 Å². The summed E-state index contributed by atoms with van der Waals surface area (Å²) in [5.41, 5.74) is 0. The molecule has 0 aliphatic carbocycles. The Bertz CT molecular complexity index is 432. The zero-order chi connectivity index (χ0) is 16.3. The van der Waals surface area contributed by atoms with E-state index in [1.54, 1.807) is 0 Å². The Morgan fingerprint density at radius 3 is 2.05 bits per heavy atom. The summed E-state index contributed by atoms with van der Waals surface area (Å²) in [7, 11) is -4.77. The molecule has 0 spiro atoms. The third-order valence-electron chi connectivity index (χ3n) is 2.97. The van der Waals surface area contributed by atoms with Crippen molar-refractivity contribution >= 4 is 45.1 Å². The first-order valence-electron chi connectivity index (χ1n) is 7.13. The SMILES string of the molecule is CCCCCCCCCOC(=O)C(CC(=O)O)S(=O)(=O)O.[H-].[H-].[Mg+2]. The number of hydrogen-bond donors (Lipinski definition) is 2. The van der Waals surface area contributed by atoms with E-state index in [-0.39, 0.29) is 32.5 Å². The molecule has 0 amide bonds. The minimum Gasteiger partial charge on any atom is -1.00 e. The summed E-state index contributed by atoms with van der Waals surface area (Å²) in [5, 5.41) is 6.47. The summed E-state index contributed by atoms with van der Waals surface area (Å²) in [6.45, 7) is 2.15. The van der Waals surface area contributed by atoms with Crippen molar-refractivity contribution in [3.8, 4) is 0 Å². The van der Waals surface area contributed by atoms with Crippen LogP contribution in [0.25, 0.3) is 0 Å². The van der Waals surface area contributed by atoms with Crippen LogP contribution in [0.1, 0.15) is 61.1 Å². The van der Waals surface area contributed by atoms with Crippen molar-refractivity contribution < 1.29 is 35.3 Å². The van der Waals surface area contributed by atoms with Gasteiger partial charge in [-0.05, 0) is 6.42 Å². The molecule has 0 aliphatic rings. The number of carbonyl (C=O) groups excluding carboxylic acids is 1. The van der Waals surface area contributed by atoms with E-state index in [2.05, 4.69) is 6.92 Å². The summed E-state index contributed by atoms with van der Waals surface area (Å²) in [4.78, 5) is 22.0. The first-order valence-corrected chi connectivity index (χ1v) is 8.64. The number of hydrogen-bond acceptors (Lipinski definition) is 5. The average molecular weight is 351 g/mol. The van der Waals surface area contributed by atoms with E-state index >= 15 is 0 Å². The minimum absolute atomic E-state index is 0. The maximum absolute atomic E-state index is 11.5. The van der Waals surface area contributed by atoms with Gasteiger partial charge >= 0.3 is 35.0 Å². The Labute approximate surface area is 150 Å². The van der Waals surface area contributed by atoms with Crippen LogP contribution in [0.2, 0.25) is 0 Å². The van der Waals surface area contributed by atoms with Gasteiger partial charge in [0.1, 0.15) is 0 Å². The summed E-state index contributed by atoms with van der Waals surface area (Å²) in [5.74, 6) is -2.71. The molecule has 128 valence electrons. The number of carbonyl (C=O) groups is 2. The summed E-state index contributed by atoms with van der Waals surface area (Å²) in [6.07, 6.45) is 6.07. The van der Waals surface area contributed by atoms with E-state index in [9.17, 15) is 18.0 Å². The van der Waals surface area contributed by atoms with Crippen LogP contribution >= 0.6 is 0 Å². The van der Waals surface area contributed by atoms with Gasteiger partial charge in [-0.3, -0.25) is 14.1 Å². The molecular weight excluding hydrogens is 325 g/mol. The van der Waals surface area contributed by atoms with E-state index in [0.29, 0.717) is 6.42 Å². The molecule has 0 saturated carbocycles. The maximum atomic E-state index is 11.5. The first kappa shape index (κ1) is 23.9. The predicted molar refractivity (Wildman–Crippen MR) is 84.5 cm³/mol. The van der Waals surface area contributed by atoms with E-state index in [1.807, 2.05) is 0 Å². The van der Waals surface area contributed by atoms with Crippen LogP contribution in [0.5, 0.6) is 0 Å². The fourth-order valence-electron chi connectivity index (χ4n) is 1.79. The number of ether oxygens (including phenoxy) is 1. The molecule has 1 atom stereocenters. The number of unbranched alkanes of at least 4 members (excludes halogenated alkanes) is 6. The Morgan fingerprint density at radius 1 is 1.09 bits per heavy atom. The average Bonchev–Trinajstić information content (AvgIpc) is 2.37. The largest absolute Gasteiger partial charge is 2.00 e. The van der Waals surface area contributed by atoms with Crippen LogP contribution in [0.3, 0.4) is 0 Å². The fourth-order valence-corrected chi connectivity index (χ4v) is 2.46. The topological polar surface area (TPSA) is 118 Å². The van der Waals surface area contributed by atoms with Gasteiger partial charge in [-0.15, -0.1) is 0 Å². The predicted octanol–water partition coefficient (Wildman–Crippen LogP) is 1.86. The second-order valence-corrected chi connectivity index (χ2v) is 6.49. The summed E-state index contributed by atoms with van der Waals surface area (Å²) >= 11 is 0. The van der Waals surface area contributed by atoms with Gasteiger partial charge in [-0.1, -0.05) is 45.4 Å². The monoisotopic (exact) mass is 350 g/mol. The number of esters is 1. The Balaban J connectivity index is -0.000000667. The molecule has 0 saturated heterocycles. The van der Waals surface area contributed by atoms with Crippen LogP contribution in [0, 0.1) is 0 Å². The molecule has 0 bridgehead atoms. The molecule has 0 rings (SSSR count). The van der Waals surface area contributed by atoms with Crippen molar-refractivity contribution in [2.75, 3.05) is 6.61 Å². The van der Waals surface area contributed by atoms with Gasteiger partial charge in [0.05, 0.1) is 13.0 Å². The van der Waals surface area contributed by atoms with Gasteiger partial charge in [0.15, 0.2) is 5.25 Å². The Kier molecular flexibility index (Phi) is 14.2. The van der Waals surface area contributed by atoms with E-state index in [4.69, 9.17) is 14.4 Å². The summed E-state index contributed by atoms with van der Waals surface area (Å²) < 4.78 is 35.4. The van der Waals surface area contributed by atoms with Crippen LogP contribution < -0.4 is 0 Å². The summed E-state index contributed by atoms with van der Waals surface area (Å²) in [6, 6.07) is 0. The minimum atomic E-state index is -4.77. The quantitative estimate of drug-likeness (QED) is 0.238. The molecule has 0 radical (unpaired) electrons. The van der Waals surface area contributed by atoms with E-state index in [1.165, 1.54) is 12.8 Å². The third kappa shape index (κ3) is 12.2. The van der Waals surface area contributed by atoms with Crippen LogP contribution in [-0.4, -0.2) is 64.9 Å². The Morgan fingerprint density at radius 2 is 1.59 bits per heavy atom. The molecule has 22 heavy (non-hydrogen) atoms. The molecule has 1 unspecified atom stereocenters. The molecule has 0 heterocycles. The van der Waals surface area contributed by atoms with Crippen molar-refractivity contribution in [2.45, 2.75) is 63.5 Å². The van der Waals surface area contributed by atoms with Crippen molar-refractivity contribution in [1.29, 1.82) is 0 Å². The second kappa shape index (κ2) is 13.1. The number of aliphatic carboxylic acids is 1. The molecule has 0 aromatic carbocycles.